The number of hydrogen-bond acceptors (Lipinski definition) is 4. The highest BCUT2D eigenvalue weighted by molar-refractivity contribution is 7.13. The number of nitrogens with one attached hydrogen (secondary N) is 1. The lowest BCUT2D eigenvalue weighted by Crippen LogP contribution is -2.30. The standard InChI is InChI=1S/C14H20N2O3S/c1-8(2)11-7-20-14(15-11)16-12(17)9-4-3-5-10(6-9)13(18)19/h7-10H,3-6H2,1-2H3,(H,18,19)(H,15,16,17). The first-order valence-electron chi connectivity index (χ1n) is 6.96. The van der Waals surface area contributed by atoms with Gasteiger partial charge in [0.25, 0.3) is 0 Å². The third kappa shape index (κ3) is 3.56. The summed E-state index contributed by atoms with van der Waals surface area (Å²) in [5.41, 5.74) is 0.970. The predicted octanol–water partition coefficient (Wildman–Crippen LogP) is 3.10. The van der Waals surface area contributed by atoms with Gasteiger partial charge in [0.1, 0.15) is 0 Å². The molecule has 0 spiro atoms. The first-order valence-corrected chi connectivity index (χ1v) is 7.84. The Morgan fingerprint density at radius 1 is 1.40 bits per heavy atom. The molecule has 1 saturated carbocycles. The lowest BCUT2D eigenvalue weighted by molar-refractivity contribution is -0.143. The van der Waals surface area contributed by atoms with Crippen LogP contribution in [-0.2, 0) is 9.59 Å². The van der Waals surface area contributed by atoms with Crippen molar-refractivity contribution in [3.05, 3.63) is 11.1 Å². The number of amides is 1. The van der Waals surface area contributed by atoms with Crippen LogP contribution < -0.4 is 5.32 Å². The molecule has 0 saturated heterocycles. The molecule has 110 valence electrons. The molecule has 0 radical (unpaired) electrons. The average Bonchev–Trinajstić information content (AvgIpc) is 2.87. The Morgan fingerprint density at radius 3 is 2.70 bits per heavy atom. The van der Waals surface area contributed by atoms with Gasteiger partial charge in [-0.2, -0.15) is 0 Å². The van der Waals surface area contributed by atoms with E-state index in [-0.39, 0.29) is 17.7 Å². The number of aliphatic carboxylic acids is 1. The van der Waals surface area contributed by atoms with E-state index in [1.165, 1.54) is 11.3 Å². The molecule has 1 amide bonds. The Bertz CT molecular complexity index is 498. The largest absolute Gasteiger partial charge is 0.481 e. The van der Waals surface area contributed by atoms with E-state index in [4.69, 9.17) is 5.11 Å². The fraction of sp³-hybridized carbons (Fsp3) is 0.643. The van der Waals surface area contributed by atoms with Crippen molar-refractivity contribution in [2.75, 3.05) is 5.32 Å². The Hall–Kier alpha value is -1.43. The second-order valence-electron chi connectivity index (χ2n) is 5.62. The van der Waals surface area contributed by atoms with Crippen LogP contribution in [0.25, 0.3) is 0 Å². The van der Waals surface area contributed by atoms with E-state index in [0.29, 0.717) is 23.9 Å². The van der Waals surface area contributed by atoms with Crippen molar-refractivity contribution in [1.29, 1.82) is 0 Å². The smallest absolute Gasteiger partial charge is 0.306 e. The van der Waals surface area contributed by atoms with Crippen LogP contribution in [-0.4, -0.2) is 22.0 Å². The van der Waals surface area contributed by atoms with Crippen LogP contribution in [0.2, 0.25) is 0 Å². The fourth-order valence-corrected chi connectivity index (χ4v) is 3.34. The van der Waals surface area contributed by atoms with Crippen LogP contribution in [0.3, 0.4) is 0 Å². The quantitative estimate of drug-likeness (QED) is 0.894. The number of nitrogens with zero attached hydrogens (tertiary/aromatic N) is 1. The summed E-state index contributed by atoms with van der Waals surface area (Å²) in [5.74, 6) is -1.15. The van der Waals surface area contributed by atoms with Crippen molar-refractivity contribution >= 4 is 28.3 Å². The Kier molecular flexibility index (Phi) is 4.75. The summed E-state index contributed by atoms with van der Waals surface area (Å²) < 4.78 is 0. The minimum atomic E-state index is -0.793. The van der Waals surface area contributed by atoms with Crippen molar-refractivity contribution in [3.63, 3.8) is 0 Å². The lowest BCUT2D eigenvalue weighted by atomic mass is 9.81. The predicted molar refractivity (Wildman–Crippen MR) is 77.9 cm³/mol. The van der Waals surface area contributed by atoms with Crippen molar-refractivity contribution in [2.24, 2.45) is 11.8 Å². The number of carbonyl (C=O) groups is 2. The molecule has 0 aromatic carbocycles. The minimum Gasteiger partial charge on any atom is -0.481 e. The van der Waals surface area contributed by atoms with Crippen molar-refractivity contribution in [3.8, 4) is 0 Å². The molecule has 2 N–H and O–H groups in total. The zero-order valence-electron chi connectivity index (χ0n) is 11.8. The third-order valence-electron chi connectivity index (χ3n) is 3.74. The molecule has 2 rings (SSSR count). The van der Waals surface area contributed by atoms with Crippen LogP contribution in [0.1, 0.15) is 51.1 Å². The summed E-state index contributed by atoms with van der Waals surface area (Å²) in [6, 6.07) is 0. The van der Waals surface area contributed by atoms with Crippen LogP contribution in [0, 0.1) is 11.8 Å². The lowest BCUT2D eigenvalue weighted by Gasteiger charge is -2.25. The molecule has 1 fully saturated rings. The summed E-state index contributed by atoms with van der Waals surface area (Å²) in [7, 11) is 0. The fourth-order valence-electron chi connectivity index (χ4n) is 2.47. The Balaban J connectivity index is 1.95. The summed E-state index contributed by atoms with van der Waals surface area (Å²) in [5, 5.41) is 14.4. The van der Waals surface area contributed by atoms with Gasteiger partial charge in [0.2, 0.25) is 5.91 Å². The van der Waals surface area contributed by atoms with E-state index in [0.717, 1.165) is 18.5 Å². The van der Waals surface area contributed by atoms with E-state index < -0.39 is 5.97 Å². The highest BCUT2D eigenvalue weighted by Gasteiger charge is 2.31. The summed E-state index contributed by atoms with van der Waals surface area (Å²) in [4.78, 5) is 27.6. The second-order valence-corrected chi connectivity index (χ2v) is 6.48. The van der Waals surface area contributed by atoms with Gasteiger partial charge in [-0.15, -0.1) is 11.3 Å². The molecule has 0 bridgehead atoms. The summed E-state index contributed by atoms with van der Waals surface area (Å²) >= 11 is 1.42. The molecule has 1 aliphatic rings. The van der Waals surface area contributed by atoms with E-state index >= 15 is 0 Å². The minimum absolute atomic E-state index is 0.0967. The number of carboxylic acid groups (broad SMARTS) is 1. The molecule has 20 heavy (non-hydrogen) atoms. The Labute approximate surface area is 122 Å². The van der Waals surface area contributed by atoms with E-state index in [9.17, 15) is 9.59 Å². The molecule has 6 heteroatoms. The summed E-state index contributed by atoms with van der Waals surface area (Å²) in [6.45, 7) is 4.11. The first kappa shape index (κ1) is 15.0. The van der Waals surface area contributed by atoms with Gasteiger partial charge in [0.05, 0.1) is 11.6 Å². The second kappa shape index (κ2) is 6.35. The maximum atomic E-state index is 12.2. The first-order chi connectivity index (χ1) is 9.47. The third-order valence-corrected chi connectivity index (χ3v) is 4.51. The van der Waals surface area contributed by atoms with Crippen LogP contribution in [0.4, 0.5) is 5.13 Å². The SMILES string of the molecule is CC(C)c1csc(NC(=O)C2CCCC(C(=O)O)C2)n1. The van der Waals surface area contributed by atoms with Gasteiger partial charge in [0, 0.05) is 11.3 Å². The van der Waals surface area contributed by atoms with E-state index in [1.807, 2.05) is 5.38 Å². The molecule has 1 aromatic rings. The highest BCUT2D eigenvalue weighted by atomic mass is 32.1. The van der Waals surface area contributed by atoms with Crippen LogP contribution >= 0.6 is 11.3 Å². The van der Waals surface area contributed by atoms with Gasteiger partial charge >= 0.3 is 5.97 Å². The van der Waals surface area contributed by atoms with Crippen LogP contribution in [0.5, 0.6) is 0 Å². The maximum Gasteiger partial charge on any atom is 0.306 e. The van der Waals surface area contributed by atoms with Crippen LogP contribution in [0.15, 0.2) is 5.38 Å². The molecule has 1 aromatic heterocycles. The van der Waals surface area contributed by atoms with Gasteiger partial charge in [-0.3, -0.25) is 9.59 Å². The number of hydrogen-bond donors (Lipinski definition) is 2. The number of rotatable bonds is 4. The zero-order chi connectivity index (χ0) is 14.7. The molecular weight excluding hydrogens is 276 g/mol. The molecule has 2 atom stereocenters. The topological polar surface area (TPSA) is 79.3 Å². The zero-order valence-corrected chi connectivity index (χ0v) is 12.6. The van der Waals surface area contributed by atoms with Gasteiger partial charge in [-0.05, 0) is 25.2 Å². The molecule has 0 aliphatic heterocycles. The Morgan fingerprint density at radius 2 is 2.10 bits per heavy atom. The summed E-state index contributed by atoms with van der Waals surface area (Å²) in [6.07, 6.45) is 2.67. The van der Waals surface area contributed by atoms with Crippen molar-refractivity contribution in [2.45, 2.75) is 45.4 Å². The molecule has 1 aliphatic carbocycles. The highest BCUT2D eigenvalue weighted by Crippen LogP contribution is 2.30. The number of carbonyl (C=O) groups excluding carboxylic acids is 1. The van der Waals surface area contributed by atoms with Crippen molar-refractivity contribution < 1.29 is 14.7 Å². The van der Waals surface area contributed by atoms with Gasteiger partial charge in [0.15, 0.2) is 5.13 Å². The molecule has 5 nitrogen and oxygen atoms in total. The molecular formula is C14H20N2O3S. The van der Waals surface area contributed by atoms with Gasteiger partial charge < -0.3 is 10.4 Å². The van der Waals surface area contributed by atoms with E-state index in [1.54, 1.807) is 0 Å². The number of anilines is 1. The molecule has 1 heterocycles. The van der Waals surface area contributed by atoms with Gasteiger partial charge in [-0.1, -0.05) is 20.3 Å². The number of thiazole rings is 1. The normalized spacial score (nSPS) is 22.8. The van der Waals surface area contributed by atoms with E-state index in [2.05, 4.69) is 24.1 Å². The maximum absolute atomic E-state index is 12.2. The van der Waals surface area contributed by atoms with Gasteiger partial charge in [-0.25, -0.2) is 4.98 Å². The monoisotopic (exact) mass is 296 g/mol. The molecule has 2 unspecified atom stereocenters. The average molecular weight is 296 g/mol. The number of aromatic nitrogens is 1. The van der Waals surface area contributed by atoms with Crippen molar-refractivity contribution in [1.82, 2.24) is 4.98 Å². The number of carboxylic acids is 1.